The Morgan fingerprint density at radius 2 is 1.95 bits per heavy atom. The quantitative estimate of drug-likeness (QED) is 0.870. The second-order valence-corrected chi connectivity index (χ2v) is 3.58. The predicted octanol–water partition coefficient (Wildman–Crippen LogP) is 2.16. The first-order valence-corrected chi connectivity index (χ1v) is 5.85. The van der Waals surface area contributed by atoms with Crippen molar-refractivity contribution in [1.82, 2.24) is 9.97 Å². The van der Waals surface area contributed by atoms with E-state index >= 15 is 0 Å². The van der Waals surface area contributed by atoms with Crippen molar-refractivity contribution in [3.05, 3.63) is 6.20 Å². The number of ether oxygens (including phenoxy) is 2. The van der Waals surface area contributed by atoms with E-state index in [2.05, 4.69) is 15.3 Å². The minimum absolute atomic E-state index is 0.0183. The van der Waals surface area contributed by atoms with Crippen LogP contribution in [0.1, 0.15) is 20.3 Å². The van der Waals surface area contributed by atoms with Gasteiger partial charge in [-0.05, 0) is 13.8 Å². The second-order valence-electron chi connectivity index (χ2n) is 3.58. The van der Waals surface area contributed by atoms with Crippen molar-refractivity contribution in [2.45, 2.75) is 26.4 Å². The second kappa shape index (κ2) is 6.92. The smallest absolute Gasteiger partial charge is 0.397 e. The molecule has 0 radical (unpaired) electrons. The van der Waals surface area contributed by atoms with Crippen LogP contribution >= 0.6 is 0 Å². The summed E-state index contributed by atoms with van der Waals surface area (Å²) in [5.74, 6) is -1.26. The summed E-state index contributed by atoms with van der Waals surface area (Å²) < 4.78 is 46.4. The normalized spacial score (nSPS) is 11.1. The maximum atomic E-state index is 12.1. The van der Waals surface area contributed by atoms with Crippen molar-refractivity contribution in [3.8, 4) is 11.9 Å². The van der Waals surface area contributed by atoms with E-state index in [1.165, 1.54) is 0 Å². The lowest BCUT2D eigenvalue weighted by molar-refractivity contribution is -0.150. The highest BCUT2D eigenvalue weighted by Crippen LogP contribution is 2.25. The fraction of sp³-hybridized carbons (Fsp3) is 0.545. The van der Waals surface area contributed by atoms with Crippen LogP contribution in [0.25, 0.3) is 0 Å². The molecule has 9 heteroatoms. The zero-order chi connectivity index (χ0) is 15.2. The molecular formula is C11H14F3N3O3. The largest absolute Gasteiger partial charge is 0.476 e. The highest BCUT2D eigenvalue weighted by molar-refractivity contribution is 5.92. The third-order valence-electron chi connectivity index (χ3n) is 1.92. The van der Waals surface area contributed by atoms with Crippen molar-refractivity contribution in [2.75, 3.05) is 18.5 Å². The van der Waals surface area contributed by atoms with Crippen LogP contribution in [0, 0.1) is 0 Å². The summed E-state index contributed by atoms with van der Waals surface area (Å²) >= 11 is 0. The Labute approximate surface area is 113 Å². The first-order valence-electron chi connectivity index (χ1n) is 5.85. The standard InChI is InChI=1S/C11H14F3N3O3/c1-3-19-9-7(6-15-10(17-9)20-4-2)16-8(18)5-11(12,13)14/h6H,3-5H2,1-2H3,(H,16,18). The van der Waals surface area contributed by atoms with Gasteiger partial charge in [0.05, 0.1) is 19.4 Å². The Bertz CT molecular complexity index is 466. The SMILES string of the molecule is CCOc1ncc(NC(=O)CC(F)(F)F)c(OCC)n1. The molecule has 0 atom stereocenters. The summed E-state index contributed by atoms with van der Waals surface area (Å²) in [6.45, 7) is 3.95. The van der Waals surface area contributed by atoms with E-state index in [0.717, 1.165) is 6.20 Å². The third kappa shape index (κ3) is 5.29. The third-order valence-corrected chi connectivity index (χ3v) is 1.92. The van der Waals surface area contributed by atoms with E-state index in [1.807, 2.05) is 0 Å². The minimum Gasteiger partial charge on any atom is -0.476 e. The van der Waals surface area contributed by atoms with Crippen LogP contribution in [0.15, 0.2) is 6.20 Å². The van der Waals surface area contributed by atoms with E-state index in [0.29, 0.717) is 6.61 Å². The maximum Gasteiger partial charge on any atom is 0.397 e. The number of nitrogens with zero attached hydrogens (tertiary/aromatic N) is 2. The lowest BCUT2D eigenvalue weighted by Crippen LogP contribution is -2.21. The number of anilines is 1. The summed E-state index contributed by atoms with van der Waals surface area (Å²) in [7, 11) is 0. The van der Waals surface area contributed by atoms with Gasteiger partial charge in [-0.3, -0.25) is 4.79 Å². The molecule has 112 valence electrons. The summed E-state index contributed by atoms with van der Waals surface area (Å²) in [6, 6.07) is 0.0183. The average molecular weight is 293 g/mol. The lowest BCUT2D eigenvalue weighted by Gasteiger charge is -2.12. The molecule has 1 rings (SSSR count). The fourth-order valence-electron chi connectivity index (χ4n) is 1.26. The maximum absolute atomic E-state index is 12.1. The number of alkyl halides is 3. The molecule has 1 N–H and O–H groups in total. The van der Waals surface area contributed by atoms with Crippen molar-refractivity contribution in [1.29, 1.82) is 0 Å². The van der Waals surface area contributed by atoms with Crippen molar-refractivity contribution >= 4 is 11.6 Å². The van der Waals surface area contributed by atoms with Gasteiger partial charge < -0.3 is 14.8 Å². The molecule has 6 nitrogen and oxygen atoms in total. The van der Waals surface area contributed by atoms with Crippen LogP contribution in [0.3, 0.4) is 0 Å². The van der Waals surface area contributed by atoms with Gasteiger partial charge in [0.25, 0.3) is 0 Å². The molecule has 1 aromatic heterocycles. The highest BCUT2D eigenvalue weighted by Gasteiger charge is 2.31. The molecule has 1 heterocycles. The molecule has 0 spiro atoms. The van der Waals surface area contributed by atoms with Gasteiger partial charge in [0.15, 0.2) is 0 Å². The predicted molar refractivity (Wildman–Crippen MR) is 63.7 cm³/mol. The monoisotopic (exact) mass is 293 g/mol. The molecular weight excluding hydrogens is 279 g/mol. The number of carbonyl (C=O) groups is 1. The number of hydrogen-bond acceptors (Lipinski definition) is 5. The first-order chi connectivity index (χ1) is 9.35. The molecule has 0 aliphatic rings. The van der Waals surface area contributed by atoms with Gasteiger partial charge in [0.1, 0.15) is 12.1 Å². The van der Waals surface area contributed by atoms with Crippen LogP contribution in [-0.2, 0) is 4.79 Å². The molecule has 0 aliphatic carbocycles. The molecule has 0 unspecified atom stereocenters. The number of nitrogens with one attached hydrogen (secondary N) is 1. The molecule has 0 bridgehead atoms. The summed E-state index contributed by atoms with van der Waals surface area (Å²) in [5, 5.41) is 2.06. The number of amides is 1. The molecule has 0 saturated carbocycles. The summed E-state index contributed by atoms with van der Waals surface area (Å²) in [6.07, 6.45) is -5.04. The van der Waals surface area contributed by atoms with E-state index in [9.17, 15) is 18.0 Å². The van der Waals surface area contributed by atoms with Crippen LogP contribution in [-0.4, -0.2) is 35.3 Å². The Hall–Kier alpha value is -2.06. The summed E-state index contributed by atoms with van der Waals surface area (Å²) in [5.41, 5.74) is -0.0375. The first kappa shape index (κ1) is 16.0. The Balaban J connectivity index is 2.85. The van der Waals surface area contributed by atoms with Crippen molar-refractivity contribution < 1.29 is 27.4 Å². The molecule has 1 amide bonds. The van der Waals surface area contributed by atoms with Gasteiger partial charge >= 0.3 is 12.2 Å². The molecule has 1 aromatic rings. The van der Waals surface area contributed by atoms with E-state index in [-0.39, 0.29) is 24.2 Å². The number of carbonyl (C=O) groups excluding carboxylic acids is 1. The highest BCUT2D eigenvalue weighted by atomic mass is 19.4. The Morgan fingerprint density at radius 3 is 2.50 bits per heavy atom. The number of halogens is 3. The van der Waals surface area contributed by atoms with E-state index in [4.69, 9.17) is 9.47 Å². The average Bonchev–Trinajstić information content (AvgIpc) is 2.31. The molecule has 0 fully saturated rings. The fourth-order valence-corrected chi connectivity index (χ4v) is 1.26. The summed E-state index contributed by atoms with van der Waals surface area (Å²) in [4.78, 5) is 18.8. The zero-order valence-electron chi connectivity index (χ0n) is 11.0. The van der Waals surface area contributed by atoms with Crippen LogP contribution < -0.4 is 14.8 Å². The number of hydrogen-bond donors (Lipinski definition) is 1. The van der Waals surface area contributed by atoms with Gasteiger partial charge in [-0.2, -0.15) is 18.2 Å². The minimum atomic E-state index is -4.58. The van der Waals surface area contributed by atoms with Gasteiger partial charge in [-0.25, -0.2) is 4.98 Å². The topological polar surface area (TPSA) is 73.3 Å². The van der Waals surface area contributed by atoms with E-state index < -0.39 is 18.5 Å². The molecule has 0 saturated heterocycles. The van der Waals surface area contributed by atoms with Crippen LogP contribution in [0.2, 0.25) is 0 Å². The van der Waals surface area contributed by atoms with Crippen LogP contribution in [0.5, 0.6) is 11.9 Å². The Kier molecular flexibility index (Phi) is 5.53. The van der Waals surface area contributed by atoms with Crippen LogP contribution in [0.4, 0.5) is 18.9 Å². The van der Waals surface area contributed by atoms with Crippen molar-refractivity contribution in [3.63, 3.8) is 0 Å². The van der Waals surface area contributed by atoms with Crippen molar-refractivity contribution in [2.24, 2.45) is 0 Å². The Morgan fingerprint density at radius 1 is 1.30 bits per heavy atom. The molecule has 20 heavy (non-hydrogen) atoms. The van der Waals surface area contributed by atoms with Gasteiger partial charge in [0.2, 0.25) is 11.8 Å². The van der Waals surface area contributed by atoms with Gasteiger partial charge in [-0.15, -0.1) is 0 Å². The number of aromatic nitrogens is 2. The molecule has 0 aliphatic heterocycles. The lowest BCUT2D eigenvalue weighted by atomic mass is 10.3. The van der Waals surface area contributed by atoms with Gasteiger partial charge in [0, 0.05) is 0 Å². The number of rotatable bonds is 6. The zero-order valence-corrected chi connectivity index (χ0v) is 11.0. The van der Waals surface area contributed by atoms with E-state index in [1.54, 1.807) is 13.8 Å². The molecule has 0 aromatic carbocycles. The van der Waals surface area contributed by atoms with Gasteiger partial charge in [-0.1, -0.05) is 0 Å².